The van der Waals surface area contributed by atoms with Gasteiger partial charge in [0.05, 0.1) is 13.0 Å². The average molecular weight is 312 g/mol. The standard InChI is InChI=1S/C18H20N2O3/c1-22-16-3-2-4-17(11-16)23-15-7-5-14(6-8-15)20-18(21)13-9-10-19-12-13/h2-8,11,13,19H,9-10,12H2,1H3,(H,20,21)/t13-/m0/s1. The molecule has 2 aromatic rings. The first-order valence-electron chi connectivity index (χ1n) is 7.68. The van der Waals surface area contributed by atoms with E-state index in [1.807, 2.05) is 48.5 Å². The van der Waals surface area contributed by atoms with Crippen molar-refractivity contribution >= 4 is 11.6 Å². The number of hydrogen-bond acceptors (Lipinski definition) is 4. The molecule has 1 heterocycles. The minimum Gasteiger partial charge on any atom is -0.497 e. The Morgan fingerprint density at radius 1 is 1.13 bits per heavy atom. The number of hydrogen-bond donors (Lipinski definition) is 2. The summed E-state index contributed by atoms with van der Waals surface area (Å²) in [6.07, 6.45) is 0.892. The van der Waals surface area contributed by atoms with E-state index in [4.69, 9.17) is 9.47 Å². The minimum absolute atomic E-state index is 0.0581. The SMILES string of the molecule is COc1cccc(Oc2ccc(NC(=O)[C@H]3CCNC3)cc2)c1. The van der Waals surface area contributed by atoms with Crippen LogP contribution < -0.4 is 20.1 Å². The number of anilines is 1. The van der Waals surface area contributed by atoms with Gasteiger partial charge in [0, 0.05) is 18.3 Å². The van der Waals surface area contributed by atoms with Crippen molar-refractivity contribution in [3.05, 3.63) is 48.5 Å². The number of carbonyl (C=O) groups excluding carboxylic acids is 1. The fraction of sp³-hybridized carbons (Fsp3) is 0.278. The monoisotopic (exact) mass is 312 g/mol. The third-order valence-electron chi connectivity index (χ3n) is 3.83. The second-order valence-electron chi connectivity index (χ2n) is 5.48. The summed E-state index contributed by atoms with van der Waals surface area (Å²) in [7, 11) is 1.62. The summed E-state index contributed by atoms with van der Waals surface area (Å²) >= 11 is 0. The van der Waals surface area contributed by atoms with E-state index in [0.29, 0.717) is 11.5 Å². The number of methoxy groups -OCH3 is 1. The zero-order valence-electron chi connectivity index (χ0n) is 13.0. The molecule has 0 unspecified atom stereocenters. The van der Waals surface area contributed by atoms with Crippen molar-refractivity contribution in [2.45, 2.75) is 6.42 Å². The van der Waals surface area contributed by atoms with Gasteiger partial charge >= 0.3 is 0 Å². The zero-order chi connectivity index (χ0) is 16.1. The van der Waals surface area contributed by atoms with E-state index in [1.54, 1.807) is 7.11 Å². The van der Waals surface area contributed by atoms with Crippen LogP contribution >= 0.6 is 0 Å². The number of carbonyl (C=O) groups is 1. The van der Waals surface area contributed by atoms with Crippen molar-refractivity contribution in [1.82, 2.24) is 5.32 Å². The minimum atomic E-state index is 0.0581. The van der Waals surface area contributed by atoms with E-state index in [1.165, 1.54) is 0 Å². The van der Waals surface area contributed by atoms with E-state index >= 15 is 0 Å². The van der Waals surface area contributed by atoms with Gasteiger partial charge in [-0.3, -0.25) is 4.79 Å². The number of amides is 1. The summed E-state index contributed by atoms with van der Waals surface area (Å²) in [5.41, 5.74) is 0.778. The van der Waals surface area contributed by atoms with Gasteiger partial charge in [-0.05, 0) is 49.4 Å². The lowest BCUT2D eigenvalue weighted by atomic mass is 10.1. The van der Waals surface area contributed by atoms with Crippen LogP contribution in [0, 0.1) is 5.92 Å². The normalized spacial score (nSPS) is 16.8. The van der Waals surface area contributed by atoms with Gasteiger partial charge in [0.25, 0.3) is 0 Å². The first-order chi connectivity index (χ1) is 11.2. The van der Waals surface area contributed by atoms with Crippen LogP contribution in [0.15, 0.2) is 48.5 Å². The van der Waals surface area contributed by atoms with Crippen LogP contribution in [0.25, 0.3) is 0 Å². The highest BCUT2D eigenvalue weighted by Gasteiger charge is 2.22. The highest BCUT2D eigenvalue weighted by molar-refractivity contribution is 5.92. The van der Waals surface area contributed by atoms with E-state index in [2.05, 4.69) is 10.6 Å². The van der Waals surface area contributed by atoms with Gasteiger partial charge in [-0.2, -0.15) is 0 Å². The third kappa shape index (κ3) is 4.02. The topological polar surface area (TPSA) is 59.6 Å². The Labute approximate surface area is 135 Å². The molecule has 2 N–H and O–H groups in total. The molecule has 0 spiro atoms. The molecule has 2 aromatic carbocycles. The molecule has 0 aliphatic carbocycles. The molecule has 0 bridgehead atoms. The zero-order valence-corrected chi connectivity index (χ0v) is 13.0. The van der Waals surface area contributed by atoms with Gasteiger partial charge in [0.2, 0.25) is 5.91 Å². The maximum absolute atomic E-state index is 12.1. The van der Waals surface area contributed by atoms with Crippen LogP contribution in [0.1, 0.15) is 6.42 Å². The molecule has 23 heavy (non-hydrogen) atoms. The molecule has 1 aliphatic heterocycles. The highest BCUT2D eigenvalue weighted by Crippen LogP contribution is 2.26. The van der Waals surface area contributed by atoms with Crippen LogP contribution in [-0.4, -0.2) is 26.1 Å². The maximum Gasteiger partial charge on any atom is 0.228 e. The van der Waals surface area contributed by atoms with Crippen molar-refractivity contribution in [3.63, 3.8) is 0 Å². The molecule has 3 rings (SSSR count). The quantitative estimate of drug-likeness (QED) is 0.891. The Hall–Kier alpha value is -2.53. The first-order valence-corrected chi connectivity index (χ1v) is 7.68. The molecule has 0 radical (unpaired) electrons. The molecule has 0 aromatic heterocycles. The number of benzene rings is 2. The number of ether oxygens (including phenoxy) is 2. The molecule has 1 aliphatic rings. The lowest BCUT2D eigenvalue weighted by Crippen LogP contribution is -2.24. The van der Waals surface area contributed by atoms with Gasteiger partial charge < -0.3 is 20.1 Å². The number of rotatable bonds is 5. The van der Waals surface area contributed by atoms with E-state index in [-0.39, 0.29) is 11.8 Å². The highest BCUT2D eigenvalue weighted by atomic mass is 16.5. The van der Waals surface area contributed by atoms with Crippen molar-refractivity contribution in [3.8, 4) is 17.2 Å². The van der Waals surface area contributed by atoms with Crippen molar-refractivity contribution in [1.29, 1.82) is 0 Å². The van der Waals surface area contributed by atoms with Gasteiger partial charge in [0.15, 0.2) is 0 Å². The second kappa shape index (κ2) is 7.15. The summed E-state index contributed by atoms with van der Waals surface area (Å²) in [6.45, 7) is 1.66. The largest absolute Gasteiger partial charge is 0.497 e. The molecule has 1 amide bonds. The van der Waals surface area contributed by atoms with Gasteiger partial charge in [-0.1, -0.05) is 6.07 Å². The van der Waals surface area contributed by atoms with Gasteiger partial charge in [-0.25, -0.2) is 0 Å². The molecular formula is C18H20N2O3. The molecular weight excluding hydrogens is 292 g/mol. The van der Waals surface area contributed by atoms with Crippen LogP contribution in [0.3, 0.4) is 0 Å². The van der Waals surface area contributed by atoms with Crippen molar-refractivity contribution in [2.24, 2.45) is 5.92 Å². The van der Waals surface area contributed by atoms with Crippen LogP contribution in [-0.2, 0) is 4.79 Å². The Kier molecular flexibility index (Phi) is 4.78. The molecule has 120 valence electrons. The number of nitrogens with one attached hydrogen (secondary N) is 2. The van der Waals surface area contributed by atoms with Crippen LogP contribution in [0.4, 0.5) is 5.69 Å². The van der Waals surface area contributed by atoms with Crippen molar-refractivity contribution in [2.75, 3.05) is 25.5 Å². The van der Waals surface area contributed by atoms with Gasteiger partial charge in [0.1, 0.15) is 17.2 Å². The Balaban J connectivity index is 1.61. The second-order valence-corrected chi connectivity index (χ2v) is 5.48. The predicted octanol–water partition coefficient (Wildman–Crippen LogP) is 3.04. The molecule has 5 nitrogen and oxygen atoms in total. The Bertz CT molecular complexity index is 664. The van der Waals surface area contributed by atoms with Gasteiger partial charge in [-0.15, -0.1) is 0 Å². The summed E-state index contributed by atoms with van der Waals surface area (Å²) in [4.78, 5) is 12.1. The molecule has 1 fully saturated rings. The molecule has 0 saturated carbocycles. The summed E-state index contributed by atoms with van der Waals surface area (Å²) in [5, 5.41) is 6.13. The summed E-state index contributed by atoms with van der Waals surface area (Å²) in [5.74, 6) is 2.28. The van der Waals surface area contributed by atoms with E-state index in [9.17, 15) is 4.79 Å². The molecule has 1 atom stereocenters. The molecule has 1 saturated heterocycles. The van der Waals surface area contributed by atoms with E-state index in [0.717, 1.165) is 30.9 Å². The Morgan fingerprint density at radius 3 is 2.61 bits per heavy atom. The fourth-order valence-corrected chi connectivity index (χ4v) is 2.53. The third-order valence-corrected chi connectivity index (χ3v) is 3.83. The van der Waals surface area contributed by atoms with Crippen molar-refractivity contribution < 1.29 is 14.3 Å². The Morgan fingerprint density at radius 2 is 1.91 bits per heavy atom. The van der Waals surface area contributed by atoms with Crippen LogP contribution in [0.2, 0.25) is 0 Å². The predicted molar refractivity (Wildman–Crippen MR) is 89.1 cm³/mol. The molecule has 5 heteroatoms. The maximum atomic E-state index is 12.1. The summed E-state index contributed by atoms with van der Waals surface area (Å²) < 4.78 is 10.9. The fourth-order valence-electron chi connectivity index (χ4n) is 2.53. The van der Waals surface area contributed by atoms with Crippen LogP contribution in [0.5, 0.6) is 17.2 Å². The summed E-state index contributed by atoms with van der Waals surface area (Å²) in [6, 6.07) is 14.8. The lowest BCUT2D eigenvalue weighted by molar-refractivity contribution is -0.119. The van der Waals surface area contributed by atoms with E-state index < -0.39 is 0 Å². The lowest BCUT2D eigenvalue weighted by Gasteiger charge is -2.11. The smallest absolute Gasteiger partial charge is 0.228 e. The first kappa shape index (κ1) is 15.4. The average Bonchev–Trinajstić information content (AvgIpc) is 3.11.